The van der Waals surface area contributed by atoms with Crippen molar-refractivity contribution in [3.05, 3.63) is 47.1 Å². The van der Waals surface area contributed by atoms with E-state index in [1.165, 1.54) is 16.5 Å². The van der Waals surface area contributed by atoms with Gasteiger partial charge in [-0.3, -0.25) is 0 Å². The number of nitrogens with zero attached hydrogens (tertiary/aromatic N) is 3. The summed E-state index contributed by atoms with van der Waals surface area (Å²) in [5, 5.41) is 11.1. The zero-order valence-corrected chi connectivity index (χ0v) is 19.8. The van der Waals surface area contributed by atoms with Gasteiger partial charge in [0.2, 0.25) is 0 Å². The summed E-state index contributed by atoms with van der Waals surface area (Å²) < 4.78 is 0. The van der Waals surface area contributed by atoms with Crippen LogP contribution in [0.2, 0.25) is 0 Å². The fourth-order valence-corrected chi connectivity index (χ4v) is 3.65. The molecule has 2 aromatic heterocycles. The van der Waals surface area contributed by atoms with Gasteiger partial charge in [0.1, 0.15) is 0 Å². The van der Waals surface area contributed by atoms with Crippen LogP contribution in [0.25, 0.3) is 10.9 Å². The first-order chi connectivity index (χ1) is 13.2. The van der Waals surface area contributed by atoms with E-state index in [1.807, 2.05) is 19.0 Å². The van der Waals surface area contributed by atoms with E-state index in [0.717, 1.165) is 42.7 Å². The van der Waals surface area contributed by atoms with E-state index >= 15 is 0 Å². The molecule has 0 unspecified atom stereocenters. The quantitative estimate of drug-likeness (QED) is 0.185. The molecule has 2 heterocycles. The molecule has 152 valence electrons. The van der Waals surface area contributed by atoms with Crippen molar-refractivity contribution < 1.29 is 0 Å². The summed E-state index contributed by atoms with van der Waals surface area (Å²) >= 11 is 1.65. The Labute approximate surface area is 187 Å². The fourth-order valence-electron chi connectivity index (χ4n) is 2.90. The van der Waals surface area contributed by atoms with Crippen molar-refractivity contribution >= 4 is 57.3 Å². The number of halogens is 1. The number of nitrogens with one attached hydrogen (secondary N) is 3. The number of thiazole rings is 1. The molecule has 6 nitrogen and oxygen atoms in total. The summed E-state index contributed by atoms with van der Waals surface area (Å²) in [4.78, 5) is 14.6. The molecule has 0 saturated heterocycles. The van der Waals surface area contributed by atoms with Crippen LogP contribution in [0.15, 0.2) is 40.8 Å². The summed E-state index contributed by atoms with van der Waals surface area (Å²) in [6.45, 7) is 4.39. The first-order valence-corrected chi connectivity index (χ1v) is 10.2. The maximum absolute atomic E-state index is 4.65. The average molecular weight is 512 g/mol. The second-order valence-electron chi connectivity index (χ2n) is 6.60. The topological polar surface area (TPSA) is 68.3 Å². The third-order valence-corrected chi connectivity index (χ3v) is 5.31. The molecule has 8 heteroatoms. The molecular weight excluding hydrogens is 483 g/mol. The monoisotopic (exact) mass is 512 g/mol. The van der Waals surface area contributed by atoms with Crippen molar-refractivity contribution in [2.45, 2.75) is 26.3 Å². The fraction of sp³-hybridized carbons (Fsp3) is 0.400. The van der Waals surface area contributed by atoms with E-state index in [1.54, 1.807) is 11.3 Å². The lowest BCUT2D eigenvalue weighted by atomic mass is 10.1. The third kappa shape index (κ3) is 6.10. The van der Waals surface area contributed by atoms with E-state index in [4.69, 9.17) is 0 Å². The van der Waals surface area contributed by atoms with Gasteiger partial charge in [0.15, 0.2) is 11.1 Å². The van der Waals surface area contributed by atoms with Gasteiger partial charge in [-0.15, -0.1) is 35.3 Å². The molecule has 0 aliphatic rings. The van der Waals surface area contributed by atoms with Crippen LogP contribution in [0, 0.1) is 0 Å². The van der Waals surface area contributed by atoms with E-state index in [2.05, 4.69) is 68.4 Å². The number of anilines is 1. The maximum atomic E-state index is 4.65. The number of para-hydroxylation sites is 1. The van der Waals surface area contributed by atoms with Gasteiger partial charge in [0.05, 0.1) is 12.2 Å². The van der Waals surface area contributed by atoms with Crippen LogP contribution in [0.1, 0.15) is 24.6 Å². The highest BCUT2D eigenvalue weighted by molar-refractivity contribution is 14.0. The minimum atomic E-state index is 0. The van der Waals surface area contributed by atoms with Gasteiger partial charge in [0.25, 0.3) is 0 Å². The van der Waals surface area contributed by atoms with Crippen LogP contribution >= 0.6 is 35.3 Å². The molecule has 0 aliphatic carbocycles. The van der Waals surface area contributed by atoms with Gasteiger partial charge in [-0.2, -0.15) is 0 Å². The van der Waals surface area contributed by atoms with Gasteiger partial charge in [-0.25, -0.2) is 9.98 Å². The molecule has 0 radical (unpaired) electrons. The number of H-pyrrole nitrogens is 1. The number of aromatic amines is 1. The Hall–Kier alpha value is -1.81. The van der Waals surface area contributed by atoms with Crippen LogP contribution in [0.3, 0.4) is 0 Å². The van der Waals surface area contributed by atoms with Gasteiger partial charge < -0.3 is 20.5 Å². The number of aromatic nitrogens is 2. The summed E-state index contributed by atoms with van der Waals surface area (Å²) in [5.41, 5.74) is 3.57. The summed E-state index contributed by atoms with van der Waals surface area (Å²) in [6.07, 6.45) is 4.21. The lowest BCUT2D eigenvalue weighted by molar-refractivity contribution is 0.745. The van der Waals surface area contributed by atoms with E-state index in [9.17, 15) is 0 Å². The highest BCUT2D eigenvalue weighted by atomic mass is 127. The summed E-state index contributed by atoms with van der Waals surface area (Å²) in [6, 6.07) is 8.45. The van der Waals surface area contributed by atoms with Crippen molar-refractivity contribution in [3.63, 3.8) is 0 Å². The molecule has 3 aromatic rings. The minimum Gasteiger partial charge on any atom is -0.361 e. The average Bonchev–Trinajstić information content (AvgIpc) is 3.30. The molecule has 0 amide bonds. The highest BCUT2D eigenvalue weighted by Gasteiger charge is 2.05. The van der Waals surface area contributed by atoms with E-state index in [-0.39, 0.29) is 24.0 Å². The molecule has 28 heavy (non-hydrogen) atoms. The van der Waals surface area contributed by atoms with Crippen molar-refractivity contribution in [3.8, 4) is 0 Å². The molecular formula is C20H29IN6S. The number of fused-ring (bicyclic) bond motifs is 1. The van der Waals surface area contributed by atoms with Crippen LogP contribution in [0.4, 0.5) is 5.13 Å². The SMILES string of the molecule is CCNC(=NCc1csc(N(C)C)n1)NCCCc1c[nH]c2ccccc12.I. The zero-order chi connectivity index (χ0) is 19.1. The maximum Gasteiger partial charge on any atom is 0.191 e. The molecule has 3 N–H and O–H groups in total. The molecule has 0 aliphatic heterocycles. The number of guanidine groups is 1. The molecule has 3 rings (SSSR count). The number of aliphatic imine (C=N–C) groups is 1. The standard InChI is InChI=1S/C20H28N6S.HI/c1-4-21-19(24-13-16-14-27-20(25-16)26(2)3)22-11-7-8-15-12-23-18-10-6-5-9-17(15)18;/h5-6,9-10,12,14,23H,4,7-8,11,13H2,1-3H3,(H2,21,22,24);1H. The van der Waals surface area contributed by atoms with Crippen LogP contribution < -0.4 is 15.5 Å². The van der Waals surface area contributed by atoms with Crippen molar-refractivity contribution in [2.75, 3.05) is 32.1 Å². The lowest BCUT2D eigenvalue weighted by Gasteiger charge is -2.11. The molecule has 0 fully saturated rings. The van der Waals surface area contributed by atoms with Crippen LogP contribution in [0.5, 0.6) is 0 Å². The third-order valence-electron chi connectivity index (χ3n) is 4.26. The van der Waals surface area contributed by atoms with Gasteiger partial charge >= 0.3 is 0 Å². The smallest absolute Gasteiger partial charge is 0.191 e. The predicted octanol–water partition coefficient (Wildman–Crippen LogP) is 4.00. The number of aryl methyl sites for hydroxylation is 1. The van der Waals surface area contributed by atoms with Crippen LogP contribution in [-0.2, 0) is 13.0 Å². The normalized spacial score (nSPS) is 11.3. The highest BCUT2D eigenvalue weighted by Crippen LogP contribution is 2.19. The Kier molecular flexibility index (Phi) is 9.04. The zero-order valence-electron chi connectivity index (χ0n) is 16.7. The Morgan fingerprint density at radius 2 is 2.07 bits per heavy atom. The Balaban J connectivity index is 0.00000280. The Morgan fingerprint density at radius 1 is 1.25 bits per heavy atom. The van der Waals surface area contributed by atoms with Gasteiger partial charge in [-0.1, -0.05) is 18.2 Å². The summed E-state index contributed by atoms with van der Waals surface area (Å²) in [7, 11) is 4.01. The number of hydrogen-bond acceptors (Lipinski definition) is 4. The number of hydrogen-bond donors (Lipinski definition) is 3. The molecule has 0 bridgehead atoms. The molecule has 0 atom stereocenters. The van der Waals surface area contributed by atoms with Crippen molar-refractivity contribution in [1.29, 1.82) is 0 Å². The van der Waals surface area contributed by atoms with Gasteiger partial charge in [0, 0.05) is 49.7 Å². The van der Waals surface area contributed by atoms with E-state index in [0.29, 0.717) is 6.54 Å². The molecule has 0 saturated carbocycles. The first-order valence-electron chi connectivity index (χ1n) is 9.36. The molecule has 1 aromatic carbocycles. The van der Waals surface area contributed by atoms with Crippen molar-refractivity contribution in [2.24, 2.45) is 4.99 Å². The van der Waals surface area contributed by atoms with Crippen LogP contribution in [-0.4, -0.2) is 43.1 Å². The predicted molar refractivity (Wildman–Crippen MR) is 131 cm³/mol. The second kappa shape index (κ2) is 11.3. The number of benzene rings is 1. The first kappa shape index (κ1) is 22.5. The lowest BCUT2D eigenvalue weighted by Crippen LogP contribution is -2.37. The number of rotatable bonds is 8. The largest absolute Gasteiger partial charge is 0.361 e. The Morgan fingerprint density at radius 3 is 2.82 bits per heavy atom. The van der Waals surface area contributed by atoms with E-state index < -0.39 is 0 Å². The van der Waals surface area contributed by atoms with Crippen molar-refractivity contribution in [1.82, 2.24) is 20.6 Å². The molecule has 0 spiro atoms. The van der Waals surface area contributed by atoms with Gasteiger partial charge in [-0.05, 0) is 31.4 Å². The minimum absolute atomic E-state index is 0. The second-order valence-corrected chi connectivity index (χ2v) is 7.44. The summed E-state index contributed by atoms with van der Waals surface area (Å²) in [5.74, 6) is 0.843. The Bertz CT molecular complexity index is 886.